The second-order valence-electron chi connectivity index (χ2n) is 4.93. The summed E-state index contributed by atoms with van der Waals surface area (Å²) in [4.78, 5) is 17.3. The summed E-state index contributed by atoms with van der Waals surface area (Å²) >= 11 is 3.12. The molecule has 20 heavy (non-hydrogen) atoms. The Morgan fingerprint density at radius 1 is 1.50 bits per heavy atom. The van der Waals surface area contributed by atoms with Gasteiger partial charge in [0.2, 0.25) is 0 Å². The molecule has 1 N–H and O–H groups in total. The second kappa shape index (κ2) is 5.27. The minimum absolute atomic E-state index is 0.0731. The van der Waals surface area contributed by atoms with Gasteiger partial charge in [0.25, 0.3) is 0 Å². The Balaban J connectivity index is 1.83. The van der Waals surface area contributed by atoms with Gasteiger partial charge < -0.3 is 9.84 Å². The molecule has 4 nitrogen and oxygen atoms in total. The molecule has 2 aromatic rings. The van der Waals surface area contributed by atoms with Crippen LogP contribution in [-0.2, 0) is 21.6 Å². The van der Waals surface area contributed by atoms with Crippen molar-refractivity contribution >= 4 is 28.6 Å². The number of aliphatic carboxylic acids is 1. The first-order valence-electron chi connectivity index (χ1n) is 6.45. The summed E-state index contributed by atoms with van der Waals surface area (Å²) in [5, 5.41) is 11.9. The molecule has 3 rings (SSSR count). The smallest absolute Gasteiger partial charge is 0.308 e. The van der Waals surface area contributed by atoms with E-state index in [1.807, 2.05) is 17.5 Å². The van der Waals surface area contributed by atoms with E-state index in [1.54, 1.807) is 18.4 Å². The first kappa shape index (κ1) is 13.7. The average Bonchev–Trinajstić information content (AvgIpc) is 2.96. The Labute approximate surface area is 125 Å². The first-order chi connectivity index (χ1) is 9.63. The van der Waals surface area contributed by atoms with Crippen LogP contribution in [0.1, 0.15) is 29.1 Å². The lowest BCUT2D eigenvalue weighted by atomic mass is 9.80. The zero-order chi connectivity index (χ0) is 14.2. The molecule has 0 atom stereocenters. The number of rotatable bonds is 5. The Bertz CT molecular complexity index is 622. The third kappa shape index (κ3) is 2.39. The molecule has 0 aromatic carbocycles. The number of aromatic nitrogens is 1. The van der Waals surface area contributed by atoms with Gasteiger partial charge in [0, 0.05) is 17.4 Å². The number of thiazole rings is 1. The zero-order valence-electron chi connectivity index (χ0n) is 11.1. The molecule has 0 unspecified atom stereocenters. The third-order valence-electron chi connectivity index (χ3n) is 3.69. The molecule has 0 radical (unpaired) electrons. The monoisotopic (exact) mass is 309 g/mol. The van der Waals surface area contributed by atoms with Gasteiger partial charge in [-0.2, -0.15) is 0 Å². The van der Waals surface area contributed by atoms with Crippen LogP contribution < -0.4 is 0 Å². The Morgan fingerprint density at radius 2 is 2.30 bits per heavy atom. The van der Waals surface area contributed by atoms with Crippen LogP contribution in [0, 0.1) is 0 Å². The van der Waals surface area contributed by atoms with E-state index in [0.29, 0.717) is 0 Å². The minimum atomic E-state index is -0.801. The predicted molar refractivity (Wildman–Crippen MR) is 79.3 cm³/mol. The molecule has 0 aliphatic heterocycles. The Kier molecular flexibility index (Phi) is 3.62. The summed E-state index contributed by atoms with van der Waals surface area (Å²) in [6, 6.07) is 3.81. The lowest BCUT2D eigenvalue weighted by molar-refractivity contribution is -0.136. The van der Waals surface area contributed by atoms with E-state index in [9.17, 15) is 4.79 Å². The standard InChI is InChI=1S/C14H15NO3S2/c1-18-14(5-2-6-14)13-15-10(8-19-13)11-4-3-9(20-11)7-12(16)17/h3-4,8H,2,5-7H2,1H3,(H,16,17). The van der Waals surface area contributed by atoms with Crippen LogP contribution in [0.5, 0.6) is 0 Å². The molecular formula is C14H15NO3S2. The van der Waals surface area contributed by atoms with E-state index in [1.165, 1.54) is 17.8 Å². The van der Waals surface area contributed by atoms with E-state index in [2.05, 4.69) is 0 Å². The number of carboxylic acids is 1. The fraction of sp³-hybridized carbons (Fsp3) is 0.429. The second-order valence-corrected chi connectivity index (χ2v) is 6.95. The van der Waals surface area contributed by atoms with Gasteiger partial charge in [-0.25, -0.2) is 4.98 Å². The number of carbonyl (C=O) groups is 1. The minimum Gasteiger partial charge on any atom is -0.481 e. The molecule has 1 fully saturated rings. The van der Waals surface area contributed by atoms with E-state index >= 15 is 0 Å². The van der Waals surface area contributed by atoms with Crippen molar-refractivity contribution in [1.29, 1.82) is 0 Å². The van der Waals surface area contributed by atoms with Crippen molar-refractivity contribution in [2.24, 2.45) is 0 Å². The van der Waals surface area contributed by atoms with Gasteiger partial charge in [0.05, 0.1) is 17.0 Å². The van der Waals surface area contributed by atoms with Crippen molar-refractivity contribution < 1.29 is 14.6 Å². The number of nitrogens with zero attached hydrogens (tertiary/aromatic N) is 1. The maximum Gasteiger partial charge on any atom is 0.308 e. The van der Waals surface area contributed by atoms with Crippen LogP contribution in [0.2, 0.25) is 0 Å². The van der Waals surface area contributed by atoms with E-state index in [0.717, 1.165) is 33.3 Å². The molecule has 0 bridgehead atoms. The van der Waals surface area contributed by atoms with Crippen molar-refractivity contribution in [3.63, 3.8) is 0 Å². The molecule has 6 heteroatoms. The van der Waals surface area contributed by atoms with E-state index < -0.39 is 5.97 Å². The van der Waals surface area contributed by atoms with Crippen LogP contribution >= 0.6 is 22.7 Å². The van der Waals surface area contributed by atoms with Crippen LogP contribution in [-0.4, -0.2) is 23.2 Å². The summed E-state index contributed by atoms with van der Waals surface area (Å²) < 4.78 is 5.64. The van der Waals surface area contributed by atoms with Crippen LogP contribution in [0.15, 0.2) is 17.5 Å². The quantitative estimate of drug-likeness (QED) is 0.918. The highest BCUT2D eigenvalue weighted by Crippen LogP contribution is 2.46. The molecule has 1 saturated carbocycles. The van der Waals surface area contributed by atoms with Gasteiger partial charge in [-0.15, -0.1) is 22.7 Å². The number of hydrogen-bond donors (Lipinski definition) is 1. The number of carboxylic acid groups (broad SMARTS) is 1. The van der Waals surface area contributed by atoms with Crippen LogP contribution in [0.25, 0.3) is 10.6 Å². The maximum absolute atomic E-state index is 10.7. The zero-order valence-corrected chi connectivity index (χ0v) is 12.7. The van der Waals surface area contributed by atoms with Gasteiger partial charge in [0.1, 0.15) is 10.6 Å². The van der Waals surface area contributed by atoms with Crippen molar-refractivity contribution in [3.8, 4) is 10.6 Å². The predicted octanol–water partition coefficient (Wildman–Crippen LogP) is 3.52. The largest absolute Gasteiger partial charge is 0.481 e. The molecule has 0 amide bonds. The summed E-state index contributed by atoms with van der Waals surface area (Å²) in [6.07, 6.45) is 3.32. The SMILES string of the molecule is COC1(c2nc(-c3ccc(CC(=O)O)s3)cs2)CCC1. The number of ether oxygens (including phenoxy) is 1. The van der Waals surface area contributed by atoms with E-state index in [4.69, 9.17) is 14.8 Å². The summed E-state index contributed by atoms with van der Waals surface area (Å²) in [5.41, 5.74) is 0.749. The van der Waals surface area contributed by atoms with Crippen LogP contribution in [0.4, 0.5) is 0 Å². The van der Waals surface area contributed by atoms with Gasteiger partial charge >= 0.3 is 5.97 Å². The summed E-state index contributed by atoms with van der Waals surface area (Å²) in [6.45, 7) is 0. The lowest BCUT2D eigenvalue weighted by Crippen LogP contribution is -2.35. The number of hydrogen-bond acceptors (Lipinski definition) is 5. The van der Waals surface area contributed by atoms with Gasteiger partial charge in [-0.3, -0.25) is 4.79 Å². The molecule has 0 saturated heterocycles. The number of methoxy groups -OCH3 is 1. The Morgan fingerprint density at radius 3 is 2.90 bits per heavy atom. The fourth-order valence-electron chi connectivity index (χ4n) is 2.36. The highest BCUT2D eigenvalue weighted by molar-refractivity contribution is 7.16. The van der Waals surface area contributed by atoms with Gasteiger partial charge in [-0.1, -0.05) is 0 Å². The van der Waals surface area contributed by atoms with Gasteiger partial charge in [0.15, 0.2) is 0 Å². The highest BCUT2D eigenvalue weighted by Gasteiger charge is 2.41. The van der Waals surface area contributed by atoms with Crippen molar-refractivity contribution in [1.82, 2.24) is 4.98 Å². The fourth-order valence-corrected chi connectivity index (χ4v) is 4.45. The Hall–Kier alpha value is -1.24. The lowest BCUT2D eigenvalue weighted by Gasteiger charge is -2.38. The molecule has 1 aliphatic rings. The summed E-state index contributed by atoms with van der Waals surface area (Å²) in [7, 11) is 1.75. The topological polar surface area (TPSA) is 59.4 Å². The van der Waals surface area contributed by atoms with E-state index in [-0.39, 0.29) is 12.0 Å². The normalized spacial score (nSPS) is 16.9. The average molecular weight is 309 g/mol. The summed E-state index contributed by atoms with van der Waals surface area (Å²) in [5.74, 6) is -0.801. The van der Waals surface area contributed by atoms with Crippen molar-refractivity contribution in [2.75, 3.05) is 7.11 Å². The van der Waals surface area contributed by atoms with Crippen molar-refractivity contribution in [3.05, 3.63) is 27.4 Å². The first-order valence-corrected chi connectivity index (χ1v) is 8.15. The van der Waals surface area contributed by atoms with Crippen molar-refractivity contribution in [2.45, 2.75) is 31.3 Å². The third-order valence-corrected chi connectivity index (χ3v) is 5.82. The van der Waals surface area contributed by atoms with Crippen LogP contribution in [0.3, 0.4) is 0 Å². The molecule has 106 valence electrons. The molecule has 1 aliphatic carbocycles. The molecule has 2 aromatic heterocycles. The molecule has 2 heterocycles. The molecule has 0 spiro atoms. The van der Waals surface area contributed by atoms with Gasteiger partial charge in [-0.05, 0) is 31.4 Å². The molecular weight excluding hydrogens is 294 g/mol. The highest BCUT2D eigenvalue weighted by atomic mass is 32.1. The number of thiophene rings is 1. The maximum atomic E-state index is 10.7.